The normalized spacial score (nSPS) is 14.6. The van der Waals surface area contributed by atoms with Crippen molar-refractivity contribution < 1.29 is 14.8 Å². The molecular formula is C13H14N4O4. The number of aromatic nitrogens is 1. The van der Waals surface area contributed by atoms with Crippen LogP contribution in [0.1, 0.15) is 31.2 Å². The minimum atomic E-state index is -1.08. The molecule has 0 aliphatic heterocycles. The van der Waals surface area contributed by atoms with Crippen LogP contribution in [0.4, 0.5) is 11.5 Å². The van der Waals surface area contributed by atoms with Gasteiger partial charge in [-0.25, -0.2) is 4.98 Å². The highest BCUT2D eigenvalue weighted by molar-refractivity contribution is 5.76. The van der Waals surface area contributed by atoms with E-state index in [-0.39, 0.29) is 24.0 Å². The van der Waals surface area contributed by atoms with Gasteiger partial charge in [0.1, 0.15) is 18.2 Å². The van der Waals surface area contributed by atoms with E-state index < -0.39 is 16.6 Å². The van der Waals surface area contributed by atoms with Gasteiger partial charge in [-0.2, -0.15) is 5.26 Å². The van der Waals surface area contributed by atoms with E-state index in [1.165, 1.54) is 17.2 Å². The van der Waals surface area contributed by atoms with Crippen molar-refractivity contribution in [2.24, 2.45) is 0 Å². The first-order valence-corrected chi connectivity index (χ1v) is 6.56. The summed E-state index contributed by atoms with van der Waals surface area (Å²) < 4.78 is 0. The standard InChI is InChI=1S/C13H14N4O4/c14-7-9-5-6-15-13(12(9)17(20)21)16(8-11(18)19)10-3-1-2-4-10/h5-6,10H,1-4,8H2,(H,18,19). The highest BCUT2D eigenvalue weighted by Gasteiger charge is 2.32. The van der Waals surface area contributed by atoms with Crippen molar-refractivity contribution in [1.82, 2.24) is 4.98 Å². The zero-order valence-electron chi connectivity index (χ0n) is 11.2. The van der Waals surface area contributed by atoms with Gasteiger partial charge < -0.3 is 10.0 Å². The Morgan fingerprint density at radius 2 is 2.24 bits per heavy atom. The molecule has 1 aromatic heterocycles. The number of nitro groups is 1. The van der Waals surface area contributed by atoms with Gasteiger partial charge in [-0.05, 0) is 18.9 Å². The molecule has 0 aromatic carbocycles. The number of carbonyl (C=O) groups is 1. The van der Waals surface area contributed by atoms with Gasteiger partial charge in [-0.1, -0.05) is 12.8 Å². The highest BCUT2D eigenvalue weighted by atomic mass is 16.6. The number of nitrogens with zero attached hydrogens (tertiary/aromatic N) is 4. The summed E-state index contributed by atoms with van der Waals surface area (Å²) in [4.78, 5) is 27.1. The SMILES string of the molecule is N#Cc1ccnc(N(CC(=O)O)C2CCCC2)c1[N+](=O)[O-]. The monoisotopic (exact) mass is 290 g/mol. The molecule has 0 unspecified atom stereocenters. The molecule has 21 heavy (non-hydrogen) atoms. The average Bonchev–Trinajstić information content (AvgIpc) is 2.97. The summed E-state index contributed by atoms with van der Waals surface area (Å²) >= 11 is 0. The number of nitriles is 1. The third-order valence-corrected chi connectivity index (χ3v) is 3.55. The van der Waals surface area contributed by atoms with Crippen LogP contribution in [0.15, 0.2) is 12.3 Å². The van der Waals surface area contributed by atoms with Crippen LogP contribution in [0.3, 0.4) is 0 Å². The van der Waals surface area contributed by atoms with Gasteiger partial charge >= 0.3 is 11.7 Å². The van der Waals surface area contributed by atoms with Crippen LogP contribution in [-0.2, 0) is 4.79 Å². The lowest BCUT2D eigenvalue weighted by molar-refractivity contribution is -0.384. The van der Waals surface area contributed by atoms with E-state index in [1.807, 2.05) is 0 Å². The summed E-state index contributed by atoms with van der Waals surface area (Å²) in [5.74, 6) is -1.12. The first-order chi connectivity index (χ1) is 10.0. The van der Waals surface area contributed by atoms with Gasteiger partial charge in [0.05, 0.1) is 4.92 Å². The quantitative estimate of drug-likeness (QED) is 0.647. The largest absolute Gasteiger partial charge is 0.480 e. The summed E-state index contributed by atoms with van der Waals surface area (Å²) in [5.41, 5.74) is -0.536. The van der Waals surface area contributed by atoms with Crippen LogP contribution in [0.25, 0.3) is 0 Å². The van der Waals surface area contributed by atoms with E-state index >= 15 is 0 Å². The number of hydrogen-bond donors (Lipinski definition) is 1. The fraction of sp³-hybridized carbons (Fsp3) is 0.462. The van der Waals surface area contributed by atoms with Crippen LogP contribution in [0.2, 0.25) is 0 Å². The minimum Gasteiger partial charge on any atom is -0.480 e. The van der Waals surface area contributed by atoms with E-state index in [0.29, 0.717) is 0 Å². The molecule has 0 radical (unpaired) electrons. The van der Waals surface area contributed by atoms with Crippen LogP contribution >= 0.6 is 0 Å². The summed E-state index contributed by atoms with van der Waals surface area (Å²) in [6.45, 7) is -0.368. The molecular weight excluding hydrogens is 276 g/mol. The van der Waals surface area contributed by atoms with Crippen molar-refractivity contribution in [3.05, 3.63) is 27.9 Å². The van der Waals surface area contributed by atoms with Crippen molar-refractivity contribution in [3.63, 3.8) is 0 Å². The molecule has 8 nitrogen and oxygen atoms in total. The molecule has 1 fully saturated rings. The Bertz CT molecular complexity index is 605. The van der Waals surface area contributed by atoms with E-state index in [9.17, 15) is 14.9 Å². The topological polar surface area (TPSA) is 120 Å². The summed E-state index contributed by atoms with van der Waals surface area (Å²) in [6, 6.07) is 2.92. The Morgan fingerprint density at radius 1 is 1.57 bits per heavy atom. The van der Waals surface area contributed by atoms with Crippen LogP contribution in [0, 0.1) is 21.4 Å². The number of carboxylic acid groups (broad SMARTS) is 1. The van der Waals surface area contributed by atoms with E-state index in [1.54, 1.807) is 6.07 Å². The number of aliphatic carboxylic acids is 1. The van der Waals surface area contributed by atoms with Crippen molar-refractivity contribution in [3.8, 4) is 6.07 Å². The lowest BCUT2D eigenvalue weighted by atomic mass is 10.1. The summed E-state index contributed by atoms with van der Waals surface area (Å²) in [5, 5.41) is 29.3. The molecule has 1 aromatic rings. The van der Waals surface area contributed by atoms with E-state index in [2.05, 4.69) is 4.98 Å². The minimum absolute atomic E-state index is 0.0339. The molecule has 8 heteroatoms. The Hall–Kier alpha value is -2.69. The zero-order chi connectivity index (χ0) is 15.4. The Balaban J connectivity index is 2.51. The highest BCUT2D eigenvalue weighted by Crippen LogP contribution is 2.34. The molecule has 1 saturated carbocycles. The summed E-state index contributed by atoms with van der Waals surface area (Å²) in [6.07, 6.45) is 4.73. The predicted molar refractivity (Wildman–Crippen MR) is 72.8 cm³/mol. The molecule has 1 aliphatic rings. The fourth-order valence-electron chi connectivity index (χ4n) is 2.66. The molecule has 0 atom stereocenters. The molecule has 0 bridgehead atoms. The van der Waals surface area contributed by atoms with E-state index in [0.717, 1.165) is 25.7 Å². The van der Waals surface area contributed by atoms with Crippen molar-refractivity contribution >= 4 is 17.5 Å². The fourth-order valence-corrected chi connectivity index (χ4v) is 2.66. The molecule has 1 heterocycles. The van der Waals surface area contributed by atoms with Crippen LogP contribution in [-0.4, -0.2) is 33.6 Å². The molecule has 0 amide bonds. The molecule has 2 rings (SSSR count). The Labute approximate surface area is 120 Å². The van der Waals surface area contributed by atoms with Gasteiger partial charge in [0, 0.05) is 12.2 Å². The van der Waals surface area contributed by atoms with Gasteiger partial charge in [0.25, 0.3) is 0 Å². The second kappa shape index (κ2) is 6.17. The zero-order valence-corrected chi connectivity index (χ0v) is 11.2. The maximum absolute atomic E-state index is 11.2. The first kappa shape index (κ1) is 14.7. The molecule has 0 saturated heterocycles. The molecule has 1 aliphatic carbocycles. The van der Waals surface area contributed by atoms with Crippen molar-refractivity contribution in [2.45, 2.75) is 31.7 Å². The third-order valence-electron chi connectivity index (χ3n) is 3.55. The predicted octanol–water partition coefficient (Wildman–Crippen LogP) is 1.70. The Morgan fingerprint density at radius 3 is 2.76 bits per heavy atom. The molecule has 1 N–H and O–H groups in total. The number of pyridine rings is 1. The number of carboxylic acids is 1. The first-order valence-electron chi connectivity index (χ1n) is 6.56. The number of anilines is 1. The maximum Gasteiger partial charge on any atom is 0.329 e. The molecule has 110 valence electrons. The van der Waals surface area contributed by atoms with Crippen LogP contribution < -0.4 is 4.90 Å². The van der Waals surface area contributed by atoms with Gasteiger partial charge in [0.15, 0.2) is 0 Å². The Kier molecular flexibility index (Phi) is 4.33. The van der Waals surface area contributed by atoms with Crippen molar-refractivity contribution in [2.75, 3.05) is 11.4 Å². The maximum atomic E-state index is 11.2. The van der Waals surface area contributed by atoms with Gasteiger partial charge in [-0.15, -0.1) is 0 Å². The second-order valence-corrected chi connectivity index (χ2v) is 4.86. The second-order valence-electron chi connectivity index (χ2n) is 4.86. The molecule has 0 spiro atoms. The smallest absolute Gasteiger partial charge is 0.329 e. The third kappa shape index (κ3) is 3.08. The van der Waals surface area contributed by atoms with E-state index in [4.69, 9.17) is 10.4 Å². The average molecular weight is 290 g/mol. The van der Waals surface area contributed by atoms with Crippen LogP contribution in [0.5, 0.6) is 0 Å². The lowest BCUT2D eigenvalue weighted by Gasteiger charge is -2.28. The lowest BCUT2D eigenvalue weighted by Crippen LogP contribution is -2.38. The van der Waals surface area contributed by atoms with Gasteiger partial charge in [0.2, 0.25) is 5.82 Å². The number of hydrogen-bond acceptors (Lipinski definition) is 6. The summed E-state index contributed by atoms with van der Waals surface area (Å²) in [7, 11) is 0. The van der Waals surface area contributed by atoms with Gasteiger partial charge in [-0.3, -0.25) is 14.9 Å². The number of rotatable bonds is 5. The van der Waals surface area contributed by atoms with Crippen molar-refractivity contribution in [1.29, 1.82) is 5.26 Å².